The monoisotopic (exact) mass is 492 g/mol. The van der Waals surface area contributed by atoms with E-state index >= 15 is 0 Å². The third-order valence-corrected chi connectivity index (χ3v) is 6.55. The fourth-order valence-corrected chi connectivity index (χ4v) is 4.86. The van der Waals surface area contributed by atoms with Crippen molar-refractivity contribution in [1.29, 1.82) is 0 Å². The molecule has 26 heavy (non-hydrogen) atoms. The highest BCUT2D eigenvalue weighted by Crippen LogP contribution is 2.57. The Kier molecular flexibility index (Phi) is 7.35. The zero-order valence-corrected chi connectivity index (χ0v) is 19.7. The number of nitrogens with one attached hydrogen (secondary N) is 2. The molecule has 2 N–H and O–H groups in total. The summed E-state index contributed by atoms with van der Waals surface area (Å²) in [5.74, 6) is 0.874. The van der Waals surface area contributed by atoms with Gasteiger partial charge in [-0.05, 0) is 26.2 Å². The van der Waals surface area contributed by atoms with Gasteiger partial charge in [0.1, 0.15) is 5.01 Å². The molecule has 2 unspecified atom stereocenters. The summed E-state index contributed by atoms with van der Waals surface area (Å²) in [6, 6.07) is 0.477. The standard InChI is InChI=1S/C19H32N4OS.HI/c1-6-24-15-10-13(19(15)8-7-9-19)23-17(20-5)21-11-16-22-14(12-25-16)18(2,3)4;/h12-13,15H,6-11H2,1-5H3,(H2,20,21,23);1H. The molecule has 1 spiro atoms. The van der Waals surface area contributed by atoms with Crippen molar-refractivity contribution in [3.63, 3.8) is 0 Å². The van der Waals surface area contributed by atoms with Gasteiger partial charge in [-0.3, -0.25) is 4.99 Å². The second-order valence-corrected chi connectivity index (χ2v) is 9.21. The van der Waals surface area contributed by atoms with Gasteiger partial charge >= 0.3 is 0 Å². The minimum Gasteiger partial charge on any atom is -0.378 e. The highest BCUT2D eigenvalue weighted by Gasteiger charge is 2.59. The van der Waals surface area contributed by atoms with Crippen LogP contribution in [0, 0.1) is 5.41 Å². The molecule has 148 valence electrons. The number of rotatable bonds is 5. The molecule has 7 heteroatoms. The Hall–Kier alpha value is -0.410. The van der Waals surface area contributed by atoms with Crippen molar-refractivity contribution in [1.82, 2.24) is 15.6 Å². The number of guanidine groups is 1. The minimum absolute atomic E-state index is 0. The zero-order chi connectivity index (χ0) is 18.1. The van der Waals surface area contributed by atoms with E-state index in [4.69, 9.17) is 9.72 Å². The zero-order valence-electron chi connectivity index (χ0n) is 16.6. The van der Waals surface area contributed by atoms with Crippen molar-refractivity contribution in [2.24, 2.45) is 10.4 Å². The Labute approximate surface area is 178 Å². The lowest BCUT2D eigenvalue weighted by atomic mass is 9.51. The van der Waals surface area contributed by atoms with Gasteiger partial charge in [-0.1, -0.05) is 27.2 Å². The molecule has 2 aliphatic carbocycles. The van der Waals surface area contributed by atoms with Gasteiger partial charge in [0.15, 0.2) is 5.96 Å². The van der Waals surface area contributed by atoms with Gasteiger partial charge < -0.3 is 15.4 Å². The van der Waals surface area contributed by atoms with Gasteiger partial charge in [-0.2, -0.15) is 0 Å². The van der Waals surface area contributed by atoms with Gasteiger partial charge in [-0.25, -0.2) is 4.98 Å². The van der Waals surface area contributed by atoms with Crippen LogP contribution in [0.1, 0.15) is 64.1 Å². The predicted octanol–water partition coefficient (Wildman–Crippen LogP) is 4.07. The highest BCUT2D eigenvalue weighted by atomic mass is 127. The maximum absolute atomic E-state index is 5.94. The predicted molar refractivity (Wildman–Crippen MR) is 120 cm³/mol. The van der Waals surface area contributed by atoms with Crippen LogP contribution in [0.4, 0.5) is 0 Å². The Morgan fingerprint density at radius 3 is 2.65 bits per heavy atom. The molecule has 2 saturated carbocycles. The number of nitrogens with zero attached hydrogens (tertiary/aromatic N) is 2. The number of hydrogen-bond donors (Lipinski definition) is 2. The molecule has 3 rings (SSSR count). The van der Waals surface area contributed by atoms with Crippen LogP contribution in [0.2, 0.25) is 0 Å². The molecule has 0 aliphatic heterocycles. The number of thiazole rings is 1. The average molecular weight is 492 g/mol. The van der Waals surface area contributed by atoms with Crippen molar-refractivity contribution < 1.29 is 4.74 Å². The Morgan fingerprint density at radius 2 is 2.15 bits per heavy atom. The van der Waals surface area contributed by atoms with E-state index in [1.807, 2.05) is 7.05 Å². The second-order valence-electron chi connectivity index (χ2n) is 8.27. The molecule has 0 amide bonds. The van der Waals surface area contributed by atoms with E-state index in [0.29, 0.717) is 17.6 Å². The maximum atomic E-state index is 5.94. The van der Waals surface area contributed by atoms with Gasteiger partial charge in [0.05, 0.1) is 18.3 Å². The first-order valence-electron chi connectivity index (χ1n) is 9.42. The summed E-state index contributed by atoms with van der Waals surface area (Å²) in [7, 11) is 1.84. The van der Waals surface area contributed by atoms with E-state index < -0.39 is 0 Å². The molecule has 2 fully saturated rings. The molecule has 0 aromatic carbocycles. The van der Waals surface area contributed by atoms with Crippen LogP contribution >= 0.6 is 35.3 Å². The fourth-order valence-electron chi connectivity index (χ4n) is 3.90. The Morgan fingerprint density at radius 1 is 1.42 bits per heavy atom. The van der Waals surface area contributed by atoms with E-state index in [1.165, 1.54) is 19.3 Å². The lowest BCUT2D eigenvalue weighted by Gasteiger charge is -2.61. The van der Waals surface area contributed by atoms with E-state index in [9.17, 15) is 0 Å². The molecule has 1 aromatic rings. The molecule has 1 heterocycles. The van der Waals surface area contributed by atoms with Crippen LogP contribution in [-0.4, -0.2) is 36.7 Å². The first-order valence-corrected chi connectivity index (χ1v) is 10.3. The first-order chi connectivity index (χ1) is 11.9. The van der Waals surface area contributed by atoms with Crippen molar-refractivity contribution in [2.75, 3.05) is 13.7 Å². The Bertz CT molecular complexity index is 621. The molecule has 0 radical (unpaired) electrons. The molecule has 2 aliphatic rings. The van der Waals surface area contributed by atoms with Crippen molar-refractivity contribution in [3.05, 3.63) is 16.1 Å². The van der Waals surface area contributed by atoms with Gasteiger partial charge in [0.25, 0.3) is 0 Å². The van der Waals surface area contributed by atoms with Crippen LogP contribution in [0.5, 0.6) is 0 Å². The summed E-state index contributed by atoms with van der Waals surface area (Å²) >= 11 is 1.71. The lowest BCUT2D eigenvalue weighted by molar-refractivity contribution is -0.168. The summed E-state index contributed by atoms with van der Waals surface area (Å²) in [4.78, 5) is 9.15. The molecular weight excluding hydrogens is 459 g/mol. The third-order valence-electron chi connectivity index (χ3n) is 5.70. The summed E-state index contributed by atoms with van der Waals surface area (Å²) < 4.78 is 5.94. The SMILES string of the molecule is CCOC1CC(NC(=NC)NCc2nc(C(C)(C)C)cs2)C12CCC2.I. The molecule has 0 bridgehead atoms. The normalized spacial score (nSPS) is 24.4. The third kappa shape index (κ3) is 4.35. The summed E-state index contributed by atoms with van der Waals surface area (Å²) in [5.41, 5.74) is 1.60. The topological polar surface area (TPSA) is 58.5 Å². The van der Waals surface area contributed by atoms with Crippen molar-refractivity contribution in [2.45, 2.75) is 77.5 Å². The number of aromatic nitrogens is 1. The molecule has 2 atom stereocenters. The quantitative estimate of drug-likeness (QED) is 0.370. The number of ether oxygens (including phenoxy) is 1. The first kappa shape index (κ1) is 21.9. The highest BCUT2D eigenvalue weighted by molar-refractivity contribution is 14.0. The van der Waals surface area contributed by atoms with Crippen LogP contribution in [-0.2, 0) is 16.7 Å². The van der Waals surface area contributed by atoms with Crippen molar-refractivity contribution >= 4 is 41.3 Å². The van der Waals surface area contributed by atoms with Gasteiger partial charge in [0, 0.05) is 35.9 Å². The van der Waals surface area contributed by atoms with E-state index in [-0.39, 0.29) is 29.4 Å². The molecular formula is C19H33IN4OS. The largest absolute Gasteiger partial charge is 0.378 e. The van der Waals surface area contributed by atoms with Gasteiger partial charge in [-0.15, -0.1) is 35.3 Å². The minimum atomic E-state index is 0. The summed E-state index contributed by atoms with van der Waals surface area (Å²) in [6.07, 6.45) is 5.37. The summed E-state index contributed by atoms with van der Waals surface area (Å²) in [6.45, 7) is 10.2. The lowest BCUT2D eigenvalue weighted by Crippen LogP contribution is -2.68. The molecule has 0 saturated heterocycles. The van der Waals surface area contributed by atoms with Crippen LogP contribution < -0.4 is 10.6 Å². The summed E-state index contributed by atoms with van der Waals surface area (Å²) in [5, 5.41) is 10.3. The maximum Gasteiger partial charge on any atom is 0.191 e. The fraction of sp³-hybridized carbons (Fsp3) is 0.789. The van der Waals surface area contributed by atoms with E-state index in [0.717, 1.165) is 36.2 Å². The number of halogens is 1. The number of hydrogen-bond acceptors (Lipinski definition) is 4. The molecule has 5 nitrogen and oxygen atoms in total. The van der Waals surface area contributed by atoms with Crippen LogP contribution in [0.25, 0.3) is 0 Å². The van der Waals surface area contributed by atoms with Crippen LogP contribution in [0.15, 0.2) is 10.4 Å². The van der Waals surface area contributed by atoms with Gasteiger partial charge in [0.2, 0.25) is 0 Å². The average Bonchev–Trinajstić information content (AvgIpc) is 2.96. The van der Waals surface area contributed by atoms with Crippen LogP contribution in [0.3, 0.4) is 0 Å². The van der Waals surface area contributed by atoms with E-state index in [2.05, 4.69) is 48.7 Å². The van der Waals surface area contributed by atoms with Crippen molar-refractivity contribution in [3.8, 4) is 0 Å². The smallest absolute Gasteiger partial charge is 0.191 e. The number of aliphatic imine (C=N–C) groups is 1. The Balaban J connectivity index is 0.00000243. The van der Waals surface area contributed by atoms with E-state index in [1.54, 1.807) is 11.3 Å². The molecule has 1 aromatic heterocycles. The second kappa shape index (κ2) is 8.73.